The lowest BCUT2D eigenvalue weighted by Gasteiger charge is -2.26. The number of halogens is 1. The van der Waals surface area contributed by atoms with Crippen LogP contribution in [0.5, 0.6) is 0 Å². The molecule has 4 rings (SSSR count). The Morgan fingerprint density at radius 2 is 1.81 bits per heavy atom. The van der Waals surface area contributed by atoms with Crippen LogP contribution >= 0.6 is 11.6 Å². The molecular formula is C19H17ClN6. The smallest absolute Gasteiger partial charge is 0.223 e. The second kappa shape index (κ2) is 6.38. The summed E-state index contributed by atoms with van der Waals surface area (Å²) in [6, 6.07) is 9.70. The fraction of sp³-hybridized carbons (Fsp3) is 0.158. The minimum Gasteiger partial charge on any atom is -0.344 e. The minimum absolute atomic E-state index is 0.504. The molecule has 0 atom stereocenters. The predicted octanol–water partition coefficient (Wildman–Crippen LogP) is 4.42. The first-order valence-electron chi connectivity index (χ1n) is 8.18. The van der Waals surface area contributed by atoms with E-state index in [9.17, 15) is 0 Å². The molecular weight excluding hydrogens is 348 g/mol. The van der Waals surface area contributed by atoms with Gasteiger partial charge in [0.05, 0.1) is 28.0 Å². The van der Waals surface area contributed by atoms with Crippen LogP contribution < -0.4 is 5.32 Å². The third-order valence-corrected chi connectivity index (χ3v) is 4.51. The van der Waals surface area contributed by atoms with E-state index >= 15 is 0 Å². The number of H-pyrrole nitrogens is 1. The van der Waals surface area contributed by atoms with Crippen molar-refractivity contribution in [3.05, 3.63) is 65.8 Å². The van der Waals surface area contributed by atoms with Crippen molar-refractivity contribution in [3.63, 3.8) is 0 Å². The van der Waals surface area contributed by atoms with E-state index < -0.39 is 5.54 Å². The summed E-state index contributed by atoms with van der Waals surface area (Å²) in [5.41, 5.74) is 3.22. The number of pyridine rings is 1. The zero-order chi connectivity index (χ0) is 18.1. The molecule has 130 valence electrons. The molecule has 0 unspecified atom stereocenters. The standard InChI is InChI=1S/C19H17ClN6/c1-19(2,17-15(20)4-3-7-21-17)25-18-22-9-14(10-23-18)12-5-6-16-13(8-12)11-24-26-16/h3-11H,1-2H3,(H,24,26)(H,22,23,25). The molecule has 1 aromatic carbocycles. The van der Waals surface area contributed by atoms with Crippen molar-refractivity contribution < 1.29 is 0 Å². The molecule has 0 saturated carbocycles. The van der Waals surface area contributed by atoms with E-state index in [0.717, 1.165) is 27.7 Å². The van der Waals surface area contributed by atoms with Crippen molar-refractivity contribution in [2.75, 3.05) is 5.32 Å². The Hall–Kier alpha value is -2.99. The molecule has 3 aromatic heterocycles. The number of anilines is 1. The Labute approximate surface area is 155 Å². The second-order valence-corrected chi connectivity index (χ2v) is 6.96. The highest BCUT2D eigenvalue weighted by Crippen LogP contribution is 2.28. The highest BCUT2D eigenvalue weighted by atomic mass is 35.5. The van der Waals surface area contributed by atoms with Gasteiger partial charge in [0, 0.05) is 29.5 Å². The summed E-state index contributed by atoms with van der Waals surface area (Å²) in [5, 5.41) is 11.9. The Balaban J connectivity index is 1.58. The van der Waals surface area contributed by atoms with E-state index in [2.05, 4.69) is 36.5 Å². The molecule has 3 heterocycles. The largest absolute Gasteiger partial charge is 0.344 e. The van der Waals surface area contributed by atoms with Crippen LogP contribution in [0.2, 0.25) is 5.02 Å². The van der Waals surface area contributed by atoms with E-state index in [1.807, 2.05) is 38.1 Å². The molecule has 0 amide bonds. The van der Waals surface area contributed by atoms with E-state index in [0.29, 0.717) is 11.0 Å². The predicted molar refractivity (Wildman–Crippen MR) is 103 cm³/mol. The lowest BCUT2D eigenvalue weighted by atomic mass is 10.00. The highest BCUT2D eigenvalue weighted by Gasteiger charge is 2.25. The van der Waals surface area contributed by atoms with Crippen LogP contribution in [-0.4, -0.2) is 25.1 Å². The molecule has 26 heavy (non-hydrogen) atoms. The van der Waals surface area contributed by atoms with E-state index in [-0.39, 0.29) is 0 Å². The summed E-state index contributed by atoms with van der Waals surface area (Å²) in [6.45, 7) is 3.98. The van der Waals surface area contributed by atoms with Crippen LogP contribution in [0.4, 0.5) is 5.95 Å². The van der Waals surface area contributed by atoms with Gasteiger partial charge in [0.1, 0.15) is 0 Å². The van der Waals surface area contributed by atoms with Crippen molar-refractivity contribution in [1.82, 2.24) is 25.1 Å². The Morgan fingerprint density at radius 1 is 1.00 bits per heavy atom. The average molecular weight is 365 g/mol. The van der Waals surface area contributed by atoms with Crippen LogP contribution in [0, 0.1) is 0 Å². The van der Waals surface area contributed by atoms with Gasteiger partial charge < -0.3 is 5.32 Å². The van der Waals surface area contributed by atoms with Gasteiger partial charge in [0.15, 0.2) is 0 Å². The summed E-state index contributed by atoms with van der Waals surface area (Å²) < 4.78 is 0. The van der Waals surface area contributed by atoms with Gasteiger partial charge in [-0.3, -0.25) is 10.1 Å². The van der Waals surface area contributed by atoms with Gasteiger partial charge in [0.2, 0.25) is 5.95 Å². The summed E-state index contributed by atoms with van der Waals surface area (Å²) in [5.74, 6) is 0.518. The highest BCUT2D eigenvalue weighted by molar-refractivity contribution is 6.31. The number of hydrogen-bond donors (Lipinski definition) is 2. The van der Waals surface area contributed by atoms with Crippen LogP contribution in [0.15, 0.2) is 55.1 Å². The number of nitrogens with zero attached hydrogens (tertiary/aromatic N) is 4. The Morgan fingerprint density at radius 3 is 2.58 bits per heavy atom. The van der Waals surface area contributed by atoms with Crippen LogP contribution in [0.1, 0.15) is 19.5 Å². The topological polar surface area (TPSA) is 79.4 Å². The van der Waals surface area contributed by atoms with Gasteiger partial charge in [0.25, 0.3) is 0 Å². The maximum absolute atomic E-state index is 6.27. The summed E-state index contributed by atoms with van der Waals surface area (Å²) in [7, 11) is 0. The average Bonchev–Trinajstić information content (AvgIpc) is 3.10. The van der Waals surface area contributed by atoms with Gasteiger partial charge in [-0.05, 0) is 43.7 Å². The molecule has 4 aromatic rings. The number of fused-ring (bicyclic) bond motifs is 1. The monoisotopic (exact) mass is 364 g/mol. The maximum Gasteiger partial charge on any atom is 0.223 e. The normalized spacial score (nSPS) is 11.7. The van der Waals surface area contributed by atoms with Gasteiger partial charge in [-0.15, -0.1) is 0 Å². The lowest BCUT2D eigenvalue weighted by molar-refractivity contribution is 0.581. The zero-order valence-electron chi connectivity index (χ0n) is 14.4. The number of aromatic nitrogens is 5. The fourth-order valence-corrected chi connectivity index (χ4v) is 3.21. The van der Waals surface area contributed by atoms with Gasteiger partial charge in [-0.2, -0.15) is 5.10 Å². The SMILES string of the molecule is CC(C)(Nc1ncc(-c2ccc3[nH]ncc3c2)cn1)c1ncccc1Cl. The third kappa shape index (κ3) is 3.11. The number of nitrogens with one attached hydrogen (secondary N) is 2. The number of aromatic amines is 1. The van der Waals surface area contributed by atoms with E-state index in [1.54, 1.807) is 24.8 Å². The van der Waals surface area contributed by atoms with Crippen LogP contribution in [0.3, 0.4) is 0 Å². The number of benzene rings is 1. The van der Waals surface area contributed by atoms with E-state index in [4.69, 9.17) is 11.6 Å². The quantitative estimate of drug-likeness (QED) is 0.560. The van der Waals surface area contributed by atoms with Crippen LogP contribution in [-0.2, 0) is 5.54 Å². The van der Waals surface area contributed by atoms with Crippen LogP contribution in [0.25, 0.3) is 22.0 Å². The molecule has 0 aliphatic carbocycles. The Kier molecular flexibility index (Phi) is 4.05. The van der Waals surface area contributed by atoms with Gasteiger partial charge >= 0.3 is 0 Å². The van der Waals surface area contributed by atoms with E-state index in [1.165, 1.54) is 0 Å². The van der Waals surface area contributed by atoms with Crippen molar-refractivity contribution in [2.24, 2.45) is 0 Å². The molecule has 0 fully saturated rings. The Bertz CT molecular complexity index is 1060. The first-order chi connectivity index (χ1) is 12.5. The first-order valence-corrected chi connectivity index (χ1v) is 8.55. The fourth-order valence-electron chi connectivity index (χ4n) is 2.85. The lowest BCUT2D eigenvalue weighted by Crippen LogP contribution is -2.30. The second-order valence-electron chi connectivity index (χ2n) is 6.55. The molecule has 0 aliphatic rings. The summed E-state index contributed by atoms with van der Waals surface area (Å²) in [4.78, 5) is 13.3. The van der Waals surface area contributed by atoms with Crippen molar-refractivity contribution in [3.8, 4) is 11.1 Å². The number of hydrogen-bond acceptors (Lipinski definition) is 5. The molecule has 0 spiro atoms. The molecule has 6 nitrogen and oxygen atoms in total. The molecule has 0 aliphatic heterocycles. The summed E-state index contributed by atoms with van der Waals surface area (Å²) in [6.07, 6.45) is 7.12. The van der Waals surface area contributed by atoms with Crippen molar-refractivity contribution in [1.29, 1.82) is 0 Å². The molecule has 0 bridgehead atoms. The number of rotatable bonds is 4. The molecule has 0 radical (unpaired) electrons. The van der Waals surface area contributed by atoms with Gasteiger partial charge in [-0.1, -0.05) is 17.7 Å². The molecule has 7 heteroatoms. The van der Waals surface area contributed by atoms with Crippen molar-refractivity contribution >= 4 is 28.5 Å². The van der Waals surface area contributed by atoms with Gasteiger partial charge in [-0.25, -0.2) is 9.97 Å². The summed E-state index contributed by atoms with van der Waals surface area (Å²) >= 11 is 6.27. The molecule has 0 saturated heterocycles. The van der Waals surface area contributed by atoms with Crippen molar-refractivity contribution in [2.45, 2.75) is 19.4 Å². The maximum atomic E-state index is 6.27. The first kappa shape index (κ1) is 16.5. The minimum atomic E-state index is -0.504. The zero-order valence-corrected chi connectivity index (χ0v) is 15.1. The molecule has 2 N–H and O–H groups in total. The third-order valence-electron chi connectivity index (χ3n) is 4.20.